The first-order valence-corrected chi connectivity index (χ1v) is 8.25. The van der Waals surface area contributed by atoms with Gasteiger partial charge in [-0.25, -0.2) is 4.39 Å². The molecule has 0 aromatic heterocycles. The number of hydrogen-bond donors (Lipinski definition) is 2. The summed E-state index contributed by atoms with van der Waals surface area (Å²) in [6.45, 7) is 1.86. The van der Waals surface area contributed by atoms with Crippen LogP contribution < -0.4 is 15.5 Å². The molecule has 1 aliphatic carbocycles. The second kappa shape index (κ2) is 6.56. The van der Waals surface area contributed by atoms with Gasteiger partial charge in [0.2, 0.25) is 11.8 Å². The van der Waals surface area contributed by atoms with Gasteiger partial charge in [-0.3, -0.25) is 14.5 Å². The molecule has 3 rings (SSSR count). The molecule has 0 bridgehead atoms. The molecule has 23 heavy (non-hydrogen) atoms. The lowest BCUT2D eigenvalue weighted by Gasteiger charge is -2.34. The van der Waals surface area contributed by atoms with E-state index in [0.717, 1.165) is 25.7 Å². The van der Waals surface area contributed by atoms with Gasteiger partial charge in [0.25, 0.3) is 0 Å². The van der Waals surface area contributed by atoms with Crippen LogP contribution in [0.2, 0.25) is 0 Å². The first kappa shape index (κ1) is 15.8. The molecule has 6 heteroatoms. The molecule has 0 radical (unpaired) electrons. The predicted molar refractivity (Wildman–Crippen MR) is 86.9 cm³/mol. The molecule has 1 aromatic carbocycles. The molecular weight excluding hydrogens is 297 g/mol. The van der Waals surface area contributed by atoms with Crippen LogP contribution in [-0.2, 0) is 9.59 Å². The highest BCUT2D eigenvalue weighted by molar-refractivity contribution is 6.07. The van der Waals surface area contributed by atoms with Crippen LogP contribution in [0.3, 0.4) is 0 Å². The second-order valence-corrected chi connectivity index (χ2v) is 6.24. The summed E-state index contributed by atoms with van der Waals surface area (Å²) in [5, 5.41) is 6.05. The molecule has 1 aliphatic heterocycles. The Morgan fingerprint density at radius 2 is 2.13 bits per heavy atom. The van der Waals surface area contributed by atoms with Gasteiger partial charge in [-0.1, -0.05) is 19.8 Å². The van der Waals surface area contributed by atoms with E-state index >= 15 is 0 Å². The van der Waals surface area contributed by atoms with Gasteiger partial charge < -0.3 is 10.6 Å². The highest BCUT2D eigenvalue weighted by atomic mass is 19.1. The van der Waals surface area contributed by atoms with Crippen LogP contribution in [0.5, 0.6) is 0 Å². The van der Waals surface area contributed by atoms with E-state index in [1.165, 1.54) is 17.0 Å². The van der Waals surface area contributed by atoms with Crippen molar-refractivity contribution in [3.05, 3.63) is 24.0 Å². The number of nitrogens with zero attached hydrogens (tertiary/aromatic N) is 1. The summed E-state index contributed by atoms with van der Waals surface area (Å²) in [7, 11) is 0. The minimum absolute atomic E-state index is 0.0217. The highest BCUT2D eigenvalue weighted by Crippen LogP contribution is 2.32. The van der Waals surface area contributed by atoms with Crippen molar-refractivity contribution in [1.82, 2.24) is 5.32 Å². The number of nitrogens with one attached hydrogen (secondary N) is 2. The van der Waals surface area contributed by atoms with Gasteiger partial charge in [0.15, 0.2) is 0 Å². The van der Waals surface area contributed by atoms with Crippen molar-refractivity contribution >= 4 is 23.2 Å². The largest absolute Gasteiger partial charge is 0.372 e. The number of halogens is 1. The van der Waals surface area contributed by atoms with Crippen LogP contribution in [0.25, 0.3) is 0 Å². The topological polar surface area (TPSA) is 61.4 Å². The number of anilines is 2. The number of benzene rings is 1. The van der Waals surface area contributed by atoms with E-state index in [1.54, 1.807) is 6.07 Å². The third-order valence-corrected chi connectivity index (χ3v) is 4.57. The van der Waals surface area contributed by atoms with Crippen molar-refractivity contribution in [3.63, 3.8) is 0 Å². The fourth-order valence-corrected chi connectivity index (χ4v) is 3.34. The zero-order valence-electron chi connectivity index (χ0n) is 13.3. The maximum atomic E-state index is 13.5. The van der Waals surface area contributed by atoms with Crippen molar-refractivity contribution in [2.75, 3.05) is 16.8 Å². The molecule has 5 nitrogen and oxygen atoms in total. The molecule has 1 aromatic rings. The lowest BCUT2D eigenvalue weighted by atomic mass is 10.1. The standard InChI is InChI=1S/C17H22FN3O2/c1-2-13-17(23)21(10-16(22)19-12-5-3-4-6-12)15-8-7-11(18)9-14(15)20-13/h7-9,12-13,20H,2-6,10H2,1H3,(H,19,22). The van der Waals surface area contributed by atoms with E-state index in [2.05, 4.69) is 10.6 Å². The summed E-state index contributed by atoms with van der Waals surface area (Å²) in [4.78, 5) is 26.3. The average Bonchev–Trinajstić information content (AvgIpc) is 3.02. The Balaban J connectivity index is 1.78. The Bertz CT molecular complexity index is 614. The Hall–Kier alpha value is -2.11. The van der Waals surface area contributed by atoms with Gasteiger partial charge in [-0.15, -0.1) is 0 Å². The molecule has 124 valence electrons. The van der Waals surface area contributed by atoms with Crippen LogP contribution >= 0.6 is 0 Å². The van der Waals surface area contributed by atoms with Crippen LogP contribution in [0.1, 0.15) is 39.0 Å². The van der Waals surface area contributed by atoms with Crippen molar-refractivity contribution in [1.29, 1.82) is 0 Å². The normalized spacial score (nSPS) is 21.0. The van der Waals surface area contributed by atoms with Crippen LogP contribution in [0, 0.1) is 5.82 Å². The van der Waals surface area contributed by atoms with E-state index in [-0.39, 0.29) is 30.2 Å². The SMILES string of the molecule is CCC1Nc2cc(F)ccc2N(CC(=O)NC2CCCC2)C1=O. The number of amides is 2. The Kier molecular flexibility index (Phi) is 4.50. The lowest BCUT2D eigenvalue weighted by molar-refractivity contribution is -0.124. The molecule has 1 saturated carbocycles. The minimum Gasteiger partial charge on any atom is -0.372 e. The van der Waals surface area contributed by atoms with Crippen LogP contribution in [-0.4, -0.2) is 30.4 Å². The fourth-order valence-electron chi connectivity index (χ4n) is 3.34. The summed E-state index contributed by atoms with van der Waals surface area (Å²) >= 11 is 0. The molecule has 0 spiro atoms. The summed E-state index contributed by atoms with van der Waals surface area (Å²) in [5.41, 5.74) is 1.12. The maximum absolute atomic E-state index is 13.5. The number of hydrogen-bond acceptors (Lipinski definition) is 3. The fraction of sp³-hybridized carbons (Fsp3) is 0.529. The van der Waals surface area contributed by atoms with E-state index in [1.807, 2.05) is 6.92 Å². The number of fused-ring (bicyclic) bond motifs is 1. The summed E-state index contributed by atoms with van der Waals surface area (Å²) < 4.78 is 13.5. The third kappa shape index (κ3) is 3.30. The molecular formula is C17H22FN3O2. The number of carbonyl (C=O) groups excluding carboxylic acids is 2. The zero-order valence-corrected chi connectivity index (χ0v) is 13.3. The third-order valence-electron chi connectivity index (χ3n) is 4.57. The van der Waals surface area contributed by atoms with Crippen molar-refractivity contribution in [2.45, 2.75) is 51.1 Å². The van der Waals surface area contributed by atoms with E-state index in [0.29, 0.717) is 17.8 Å². The van der Waals surface area contributed by atoms with Crippen molar-refractivity contribution in [2.24, 2.45) is 0 Å². The maximum Gasteiger partial charge on any atom is 0.250 e. The van der Waals surface area contributed by atoms with Crippen LogP contribution in [0.4, 0.5) is 15.8 Å². The van der Waals surface area contributed by atoms with Gasteiger partial charge >= 0.3 is 0 Å². The predicted octanol–water partition coefficient (Wildman–Crippen LogP) is 2.42. The summed E-state index contributed by atoms with van der Waals surface area (Å²) in [6.07, 6.45) is 4.85. The average molecular weight is 319 g/mol. The monoisotopic (exact) mass is 319 g/mol. The quantitative estimate of drug-likeness (QED) is 0.896. The van der Waals surface area contributed by atoms with Gasteiger partial charge in [0.1, 0.15) is 18.4 Å². The second-order valence-electron chi connectivity index (χ2n) is 6.24. The molecule has 1 fully saturated rings. The summed E-state index contributed by atoms with van der Waals surface area (Å²) in [5.74, 6) is -0.665. The van der Waals surface area contributed by atoms with Crippen molar-refractivity contribution < 1.29 is 14.0 Å². The molecule has 1 atom stereocenters. The van der Waals surface area contributed by atoms with E-state index < -0.39 is 6.04 Å². The number of rotatable bonds is 4. The lowest BCUT2D eigenvalue weighted by Crippen LogP contribution is -2.51. The Morgan fingerprint density at radius 3 is 2.83 bits per heavy atom. The van der Waals surface area contributed by atoms with Gasteiger partial charge in [0, 0.05) is 6.04 Å². The molecule has 1 unspecified atom stereocenters. The van der Waals surface area contributed by atoms with Gasteiger partial charge in [-0.2, -0.15) is 0 Å². The number of carbonyl (C=O) groups is 2. The smallest absolute Gasteiger partial charge is 0.250 e. The highest BCUT2D eigenvalue weighted by Gasteiger charge is 2.33. The molecule has 0 saturated heterocycles. The van der Waals surface area contributed by atoms with E-state index in [9.17, 15) is 14.0 Å². The van der Waals surface area contributed by atoms with Crippen LogP contribution in [0.15, 0.2) is 18.2 Å². The van der Waals surface area contributed by atoms with Crippen molar-refractivity contribution in [3.8, 4) is 0 Å². The van der Waals surface area contributed by atoms with Gasteiger partial charge in [0.05, 0.1) is 11.4 Å². The Labute approximate surface area is 135 Å². The van der Waals surface area contributed by atoms with Gasteiger partial charge in [-0.05, 0) is 37.5 Å². The summed E-state index contributed by atoms with van der Waals surface area (Å²) in [6, 6.07) is 4.01. The first-order valence-electron chi connectivity index (χ1n) is 8.25. The molecule has 2 N–H and O–H groups in total. The minimum atomic E-state index is -0.427. The Morgan fingerprint density at radius 1 is 1.39 bits per heavy atom. The molecule has 1 heterocycles. The first-order chi connectivity index (χ1) is 11.1. The molecule has 2 amide bonds. The zero-order chi connectivity index (χ0) is 16.4. The molecule has 2 aliphatic rings. The van der Waals surface area contributed by atoms with E-state index in [4.69, 9.17) is 0 Å².